The highest BCUT2D eigenvalue weighted by molar-refractivity contribution is 7.09. The molecule has 26 heavy (non-hydrogen) atoms. The highest BCUT2D eigenvalue weighted by Gasteiger charge is 2.50. The zero-order valence-electron chi connectivity index (χ0n) is 15.6. The number of hydrogen-bond acceptors (Lipinski definition) is 4. The average Bonchev–Trinajstić information content (AvgIpc) is 3.27. The first-order valence-electron chi connectivity index (χ1n) is 10.1. The minimum absolute atomic E-state index is 0.0109. The number of likely N-dealkylation sites (tertiary alicyclic amines) is 1. The van der Waals surface area contributed by atoms with Crippen LogP contribution in [0.15, 0.2) is 5.38 Å². The quantitative estimate of drug-likeness (QED) is 0.872. The standard InChI is InChI=1S/C20H29N3O2S/c1-14(24)23-11-7-15(8-12-23)19-21-17(13-26-19)18(25)22-20(9-10-20)16-5-3-2-4-6-16/h13,15-16H,2-12H2,1H3,(H,22,25). The summed E-state index contributed by atoms with van der Waals surface area (Å²) >= 11 is 1.60. The van der Waals surface area contributed by atoms with E-state index in [-0.39, 0.29) is 17.4 Å². The van der Waals surface area contributed by atoms with E-state index in [9.17, 15) is 9.59 Å². The lowest BCUT2D eigenvalue weighted by molar-refractivity contribution is -0.129. The van der Waals surface area contributed by atoms with Crippen LogP contribution in [0.25, 0.3) is 0 Å². The lowest BCUT2D eigenvalue weighted by atomic mass is 9.82. The first-order valence-corrected chi connectivity index (χ1v) is 11.0. The lowest BCUT2D eigenvalue weighted by Gasteiger charge is -2.31. The summed E-state index contributed by atoms with van der Waals surface area (Å²) in [6, 6.07) is 0. The zero-order chi connectivity index (χ0) is 18.1. The molecule has 1 saturated heterocycles. The number of piperidine rings is 1. The number of thiazole rings is 1. The summed E-state index contributed by atoms with van der Waals surface area (Å²) in [4.78, 5) is 30.8. The minimum atomic E-state index is 0.0109. The molecule has 2 heterocycles. The number of rotatable bonds is 4. The summed E-state index contributed by atoms with van der Waals surface area (Å²) in [6.45, 7) is 3.23. The van der Waals surface area contributed by atoms with Crippen LogP contribution in [-0.2, 0) is 4.79 Å². The van der Waals surface area contributed by atoms with E-state index in [0.717, 1.165) is 43.8 Å². The molecule has 0 bridgehead atoms. The Labute approximate surface area is 159 Å². The van der Waals surface area contributed by atoms with Gasteiger partial charge in [-0.15, -0.1) is 11.3 Å². The van der Waals surface area contributed by atoms with Crippen molar-refractivity contribution < 1.29 is 9.59 Å². The summed E-state index contributed by atoms with van der Waals surface area (Å²) in [5.41, 5.74) is 0.648. The maximum atomic E-state index is 12.8. The van der Waals surface area contributed by atoms with Gasteiger partial charge in [-0.3, -0.25) is 9.59 Å². The molecule has 0 spiro atoms. The molecule has 5 nitrogen and oxygen atoms in total. The zero-order valence-corrected chi connectivity index (χ0v) is 16.4. The van der Waals surface area contributed by atoms with Crippen LogP contribution in [0.3, 0.4) is 0 Å². The van der Waals surface area contributed by atoms with Gasteiger partial charge in [-0.25, -0.2) is 4.98 Å². The molecule has 1 aromatic heterocycles. The van der Waals surface area contributed by atoms with Crippen LogP contribution in [0, 0.1) is 5.92 Å². The Morgan fingerprint density at radius 2 is 1.85 bits per heavy atom. The van der Waals surface area contributed by atoms with Gasteiger partial charge in [0, 0.05) is 36.9 Å². The van der Waals surface area contributed by atoms with Gasteiger partial charge in [0.2, 0.25) is 5.91 Å². The fraction of sp³-hybridized carbons (Fsp3) is 0.750. The van der Waals surface area contributed by atoms with Gasteiger partial charge in [-0.2, -0.15) is 0 Å². The summed E-state index contributed by atoms with van der Waals surface area (Å²) in [5.74, 6) is 1.21. The van der Waals surface area contributed by atoms with E-state index < -0.39 is 0 Å². The molecule has 3 fully saturated rings. The molecule has 0 radical (unpaired) electrons. The van der Waals surface area contributed by atoms with Crippen LogP contribution in [0.4, 0.5) is 0 Å². The lowest BCUT2D eigenvalue weighted by Crippen LogP contribution is -2.43. The Hall–Kier alpha value is -1.43. The first kappa shape index (κ1) is 18.0. The van der Waals surface area contributed by atoms with Crippen molar-refractivity contribution in [2.24, 2.45) is 5.92 Å². The summed E-state index contributed by atoms with van der Waals surface area (Å²) in [7, 11) is 0. The van der Waals surface area contributed by atoms with Gasteiger partial charge in [0.1, 0.15) is 5.69 Å². The number of aromatic nitrogens is 1. The van der Waals surface area contributed by atoms with Gasteiger partial charge in [-0.1, -0.05) is 19.3 Å². The van der Waals surface area contributed by atoms with Crippen molar-refractivity contribution in [1.29, 1.82) is 0 Å². The van der Waals surface area contributed by atoms with Gasteiger partial charge in [0.25, 0.3) is 5.91 Å². The highest BCUT2D eigenvalue weighted by atomic mass is 32.1. The van der Waals surface area contributed by atoms with Crippen molar-refractivity contribution in [2.75, 3.05) is 13.1 Å². The number of amides is 2. The Morgan fingerprint density at radius 1 is 1.15 bits per heavy atom. The van der Waals surface area contributed by atoms with E-state index in [4.69, 9.17) is 0 Å². The van der Waals surface area contributed by atoms with E-state index in [1.54, 1.807) is 18.3 Å². The van der Waals surface area contributed by atoms with Crippen LogP contribution >= 0.6 is 11.3 Å². The Bertz CT molecular complexity index is 668. The molecule has 2 amide bonds. The van der Waals surface area contributed by atoms with Gasteiger partial charge in [-0.05, 0) is 44.4 Å². The molecule has 4 rings (SSSR count). The second-order valence-electron chi connectivity index (χ2n) is 8.30. The van der Waals surface area contributed by atoms with Crippen molar-refractivity contribution in [3.63, 3.8) is 0 Å². The minimum Gasteiger partial charge on any atom is -0.345 e. The number of nitrogens with zero attached hydrogens (tertiary/aromatic N) is 2. The van der Waals surface area contributed by atoms with Crippen LogP contribution in [-0.4, -0.2) is 40.3 Å². The highest BCUT2D eigenvalue weighted by Crippen LogP contribution is 2.48. The molecule has 1 aliphatic heterocycles. The third-order valence-corrected chi connectivity index (χ3v) is 7.59. The molecular weight excluding hydrogens is 346 g/mol. The van der Waals surface area contributed by atoms with Gasteiger partial charge >= 0.3 is 0 Å². The topological polar surface area (TPSA) is 62.3 Å². The molecular formula is C20H29N3O2S. The fourth-order valence-corrected chi connectivity index (χ4v) is 5.71. The Kier molecular flexibility index (Phi) is 5.04. The SMILES string of the molecule is CC(=O)N1CCC(c2nc(C(=O)NC3(C4CCCCC4)CC3)cs2)CC1. The van der Waals surface area contributed by atoms with E-state index >= 15 is 0 Å². The van der Waals surface area contributed by atoms with Crippen LogP contribution in [0.5, 0.6) is 0 Å². The second kappa shape index (κ2) is 7.29. The van der Waals surface area contributed by atoms with Gasteiger partial charge < -0.3 is 10.2 Å². The third-order valence-electron chi connectivity index (χ3n) is 6.58. The molecule has 0 unspecified atom stereocenters. The molecule has 1 N–H and O–H groups in total. The monoisotopic (exact) mass is 375 g/mol. The molecule has 6 heteroatoms. The Balaban J connectivity index is 1.36. The molecule has 142 valence electrons. The largest absolute Gasteiger partial charge is 0.345 e. The van der Waals surface area contributed by atoms with Gasteiger partial charge in [0.05, 0.1) is 5.01 Å². The normalized spacial score (nSPS) is 23.7. The molecule has 3 aliphatic rings. The molecule has 0 aromatic carbocycles. The summed E-state index contributed by atoms with van der Waals surface area (Å²) < 4.78 is 0. The van der Waals surface area contributed by atoms with E-state index in [2.05, 4.69) is 10.3 Å². The molecule has 2 aliphatic carbocycles. The summed E-state index contributed by atoms with van der Waals surface area (Å²) in [5, 5.41) is 6.32. The number of carbonyl (C=O) groups excluding carboxylic acids is 2. The maximum Gasteiger partial charge on any atom is 0.271 e. The van der Waals surface area contributed by atoms with E-state index in [1.807, 2.05) is 10.3 Å². The predicted octanol–water partition coefficient (Wildman–Crippen LogP) is 3.71. The fourth-order valence-electron chi connectivity index (χ4n) is 4.74. The smallest absolute Gasteiger partial charge is 0.271 e. The maximum absolute atomic E-state index is 12.8. The van der Waals surface area contributed by atoms with Crippen LogP contribution < -0.4 is 5.32 Å². The van der Waals surface area contributed by atoms with Crippen molar-refractivity contribution in [1.82, 2.24) is 15.2 Å². The number of hydrogen-bond donors (Lipinski definition) is 1. The second-order valence-corrected chi connectivity index (χ2v) is 9.19. The van der Waals surface area contributed by atoms with E-state index in [0.29, 0.717) is 17.5 Å². The van der Waals surface area contributed by atoms with Crippen LogP contribution in [0.2, 0.25) is 0 Å². The van der Waals surface area contributed by atoms with Crippen molar-refractivity contribution in [2.45, 2.75) is 76.2 Å². The van der Waals surface area contributed by atoms with E-state index in [1.165, 1.54) is 32.1 Å². The third kappa shape index (κ3) is 3.66. The van der Waals surface area contributed by atoms with Gasteiger partial charge in [0.15, 0.2) is 0 Å². The molecule has 0 atom stereocenters. The summed E-state index contributed by atoms with van der Waals surface area (Å²) in [6.07, 6.45) is 10.6. The van der Waals surface area contributed by atoms with Crippen molar-refractivity contribution >= 4 is 23.2 Å². The van der Waals surface area contributed by atoms with Crippen molar-refractivity contribution in [3.05, 3.63) is 16.1 Å². The number of carbonyl (C=O) groups is 2. The van der Waals surface area contributed by atoms with Crippen molar-refractivity contribution in [3.8, 4) is 0 Å². The molecule has 1 aromatic rings. The number of nitrogens with one attached hydrogen (secondary N) is 1. The first-order chi connectivity index (χ1) is 12.6. The van der Waals surface area contributed by atoms with Crippen LogP contribution in [0.1, 0.15) is 86.1 Å². The predicted molar refractivity (Wildman–Crippen MR) is 102 cm³/mol. The Morgan fingerprint density at radius 3 is 2.46 bits per heavy atom. The molecule has 2 saturated carbocycles. The average molecular weight is 376 g/mol.